The first kappa shape index (κ1) is 23.8. The summed E-state index contributed by atoms with van der Waals surface area (Å²) in [5.74, 6) is -3.34. The van der Waals surface area contributed by atoms with Crippen LogP contribution in [0.25, 0.3) is 0 Å². The van der Waals surface area contributed by atoms with Gasteiger partial charge in [0.2, 0.25) is 17.7 Å². The minimum atomic E-state index is -0.942. The van der Waals surface area contributed by atoms with Gasteiger partial charge in [0.25, 0.3) is 0 Å². The molecule has 1 aromatic carbocycles. The number of likely N-dealkylation sites (N-methyl/N-ethyl adjacent to an activating group) is 1. The van der Waals surface area contributed by atoms with Crippen molar-refractivity contribution >= 4 is 29.4 Å². The van der Waals surface area contributed by atoms with Gasteiger partial charge in [-0.25, -0.2) is 13.6 Å². The SMILES string of the molecule is CC(C)=CC(=O)N1CC(NC(=O)Nc2ccc(F)cc2F)CC1C(=O)N(C)CC(N)=O. The Labute approximate surface area is 178 Å². The van der Waals surface area contributed by atoms with Gasteiger partial charge in [-0.1, -0.05) is 5.57 Å². The molecule has 1 aliphatic heterocycles. The number of nitrogens with zero attached hydrogens (tertiary/aromatic N) is 2. The second-order valence-corrected chi connectivity index (χ2v) is 7.54. The van der Waals surface area contributed by atoms with E-state index >= 15 is 0 Å². The third kappa shape index (κ3) is 6.49. The first-order valence-electron chi connectivity index (χ1n) is 9.49. The largest absolute Gasteiger partial charge is 0.368 e. The Kier molecular flexibility index (Phi) is 7.67. The van der Waals surface area contributed by atoms with Crippen LogP contribution in [0.1, 0.15) is 20.3 Å². The number of primary amides is 1. The summed E-state index contributed by atoms with van der Waals surface area (Å²) in [5.41, 5.74) is 5.64. The van der Waals surface area contributed by atoms with Crippen molar-refractivity contribution in [2.75, 3.05) is 25.5 Å². The molecule has 168 valence electrons. The van der Waals surface area contributed by atoms with E-state index in [0.717, 1.165) is 22.6 Å². The van der Waals surface area contributed by atoms with Gasteiger partial charge in [-0.15, -0.1) is 0 Å². The van der Waals surface area contributed by atoms with Crippen LogP contribution >= 0.6 is 0 Å². The monoisotopic (exact) mass is 437 g/mol. The van der Waals surface area contributed by atoms with Crippen molar-refractivity contribution in [1.29, 1.82) is 0 Å². The van der Waals surface area contributed by atoms with Gasteiger partial charge >= 0.3 is 6.03 Å². The second kappa shape index (κ2) is 10.0. The fourth-order valence-electron chi connectivity index (χ4n) is 3.25. The number of benzene rings is 1. The number of urea groups is 1. The zero-order valence-electron chi connectivity index (χ0n) is 17.4. The van der Waals surface area contributed by atoms with Crippen molar-refractivity contribution in [2.45, 2.75) is 32.4 Å². The molecule has 0 aromatic heterocycles. The van der Waals surface area contributed by atoms with E-state index in [9.17, 15) is 28.0 Å². The predicted molar refractivity (Wildman–Crippen MR) is 109 cm³/mol. The summed E-state index contributed by atoms with van der Waals surface area (Å²) < 4.78 is 26.8. The average molecular weight is 437 g/mol. The van der Waals surface area contributed by atoms with Crippen LogP contribution in [-0.4, -0.2) is 65.8 Å². The van der Waals surface area contributed by atoms with Gasteiger partial charge in [0, 0.05) is 25.7 Å². The molecule has 0 aliphatic carbocycles. The highest BCUT2D eigenvalue weighted by molar-refractivity contribution is 5.95. The first-order chi connectivity index (χ1) is 14.5. The summed E-state index contributed by atoms with van der Waals surface area (Å²) in [5, 5.41) is 4.85. The molecule has 0 bridgehead atoms. The predicted octanol–water partition coefficient (Wildman–Crippen LogP) is 0.966. The molecular weight excluding hydrogens is 412 g/mol. The number of allylic oxidation sites excluding steroid dienone is 1. The van der Waals surface area contributed by atoms with E-state index in [-0.39, 0.29) is 25.2 Å². The summed E-state index contributed by atoms with van der Waals surface area (Å²) in [6.07, 6.45) is 1.45. The molecule has 0 saturated carbocycles. The quantitative estimate of drug-likeness (QED) is 0.574. The molecule has 31 heavy (non-hydrogen) atoms. The van der Waals surface area contributed by atoms with Gasteiger partial charge in [0.1, 0.15) is 17.7 Å². The maximum Gasteiger partial charge on any atom is 0.319 e. The van der Waals surface area contributed by atoms with Gasteiger partial charge in [-0.3, -0.25) is 14.4 Å². The van der Waals surface area contributed by atoms with Crippen LogP contribution in [0.5, 0.6) is 0 Å². The fraction of sp³-hybridized carbons (Fsp3) is 0.400. The molecule has 9 nitrogen and oxygen atoms in total. The van der Waals surface area contributed by atoms with Gasteiger partial charge in [0.15, 0.2) is 0 Å². The number of rotatable bonds is 6. The van der Waals surface area contributed by atoms with Crippen LogP contribution in [0.3, 0.4) is 0 Å². The molecule has 5 amide bonds. The molecule has 0 radical (unpaired) electrons. The molecule has 1 saturated heterocycles. The van der Waals surface area contributed by atoms with Crippen molar-refractivity contribution in [2.24, 2.45) is 5.73 Å². The molecule has 2 rings (SSSR count). The zero-order valence-corrected chi connectivity index (χ0v) is 17.4. The number of carbonyl (C=O) groups is 4. The second-order valence-electron chi connectivity index (χ2n) is 7.54. The Bertz CT molecular complexity index is 917. The smallest absolute Gasteiger partial charge is 0.319 e. The highest BCUT2D eigenvalue weighted by Gasteiger charge is 2.41. The van der Waals surface area contributed by atoms with Crippen LogP contribution < -0.4 is 16.4 Å². The minimum Gasteiger partial charge on any atom is -0.368 e. The normalized spacial score (nSPS) is 17.6. The van der Waals surface area contributed by atoms with E-state index in [1.165, 1.54) is 18.0 Å². The standard InChI is InChI=1S/C20H25F2N5O4/c1-11(2)6-18(29)27-9-13(8-16(27)19(30)26(3)10-17(23)28)24-20(31)25-15-5-4-12(21)7-14(15)22/h4-7,13,16H,8-10H2,1-3H3,(H2,23,28)(H2,24,25,31). The van der Waals surface area contributed by atoms with E-state index in [1.54, 1.807) is 13.8 Å². The first-order valence-corrected chi connectivity index (χ1v) is 9.49. The summed E-state index contributed by atoms with van der Waals surface area (Å²) in [6.45, 7) is 3.17. The number of hydrogen-bond donors (Lipinski definition) is 3. The van der Waals surface area contributed by atoms with Crippen molar-refractivity contribution < 1.29 is 28.0 Å². The number of hydrogen-bond acceptors (Lipinski definition) is 4. The summed E-state index contributed by atoms with van der Waals surface area (Å²) in [6, 6.07) is 0.401. The fourth-order valence-corrected chi connectivity index (χ4v) is 3.25. The highest BCUT2D eigenvalue weighted by atomic mass is 19.1. The Morgan fingerprint density at radius 3 is 2.52 bits per heavy atom. The third-order valence-electron chi connectivity index (χ3n) is 4.57. The lowest BCUT2D eigenvalue weighted by Gasteiger charge is -2.26. The van der Waals surface area contributed by atoms with Crippen molar-refractivity contribution in [1.82, 2.24) is 15.1 Å². The van der Waals surface area contributed by atoms with Crippen molar-refractivity contribution in [3.05, 3.63) is 41.5 Å². The molecular formula is C20H25F2N5O4. The van der Waals surface area contributed by atoms with Crippen LogP contribution in [0.2, 0.25) is 0 Å². The Morgan fingerprint density at radius 2 is 1.94 bits per heavy atom. The average Bonchev–Trinajstić information content (AvgIpc) is 3.06. The van der Waals surface area contributed by atoms with Crippen LogP contribution in [0.15, 0.2) is 29.8 Å². The number of likely N-dealkylation sites (tertiary alicyclic amines) is 1. The van der Waals surface area contributed by atoms with Crippen molar-refractivity contribution in [3.63, 3.8) is 0 Å². The Hall–Kier alpha value is -3.50. The van der Waals surface area contributed by atoms with Gasteiger partial charge in [0.05, 0.1) is 18.3 Å². The molecule has 2 unspecified atom stereocenters. The number of halogens is 2. The number of carbonyl (C=O) groups excluding carboxylic acids is 4. The van der Waals surface area contributed by atoms with Crippen LogP contribution in [-0.2, 0) is 14.4 Å². The van der Waals surface area contributed by atoms with E-state index in [4.69, 9.17) is 5.73 Å². The van der Waals surface area contributed by atoms with Gasteiger partial charge < -0.3 is 26.2 Å². The number of anilines is 1. The van der Waals surface area contributed by atoms with E-state index in [1.807, 2.05) is 0 Å². The van der Waals surface area contributed by atoms with Crippen molar-refractivity contribution in [3.8, 4) is 0 Å². The third-order valence-corrected chi connectivity index (χ3v) is 4.57. The van der Waals surface area contributed by atoms with E-state index < -0.39 is 47.5 Å². The van der Waals surface area contributed by atoms with Gasteiger partial charge in [-0.05, 0) is 32.4 Å². The number of nitrogens with one attached hydrogen (secondary N) is 2. The molecule has 4 N–H and O–H groups in total. The zero-order chi connectivity index (χ0) is 23.3. The topological polar surface area (TPSA) is 125 Å². The maximum absolute atomic E-state index is 13.7. The maximum atomic E-state index is 13.7. The van der Waals surface area contributed by atoms with Crippen LogP contribution in [0.4, 0.5) is 19.3 Å². The molecule has 1 aliphatic rings. The lowest BCUT2D eigenvalue weighted by molar-refractivity contribution is -0.142. The molecule has 1 fully saturated rings. The Balaban J connectivity index is 2.13. The summed E-state index contributed by atoms with van der Waals surface area (Å²) in [7, 11) is 1.39. The lowest BCUT2D eigenvalue weighted by atomic mass is 10.1. The van der Waals surface area contributed by atoms with E-state index in [2.05, 4.69) is 10.6 Å². The molecule has 2 atom stereocenters. The Morgan fingerprint density at radius 1 is 1.26 bits per heavy atom. The van der Waals surface area contributed by atoms with E-state index in [0.29, 0.717) is 6.07 Å². The molecule has 0 spiro atoms. The number of amides is 5. The lowest BCUT2D eigenvalue weighted by Crippen LogP contribution is -2.48. The minimum absolute atomic E-state index is 0.0305. The van der Waals surface area contributed by atoms with Gasteiger partial charge in [-0.2, -0.15) is 0 Å². The van der Waals surface area contributed by atoms with Crippen LogP contribution in [0, 0.1) is 11.6 Å². The summed E-state index contributed by atoms with van der Waals surface area (Å²) >= 11 is 0. The number of nitrogens with two attached hydrogens (primary N) is 1. The molecule has 1 heterocycles. The molecule has 11 heteroatoms. The highest BCUT2D eigenvalue weighted by Crippen LogP contribution is 2.21. The molecule has 1 aromatic rings. The summed E-state index contributed by atoms with van der Waals surface area (Å²) in [4.78, 5) is 51.2.